The van der Waals surface area contributed by atoms with Gasteiger partial charge in [0.1, 0.15) is 5.75 Å². The molecular weight excluding hydrogens is 256 g/mol. The SMILES string of the molecule is CC/C=C\CCCC/C=C/c1cccc(OCCCC)c1. The zero-order chi connectivity index (χ0) is 15.2. The van der Waals surface area contributed by atoms with Crippen LogP contribution in [-0.4, -0.2) is 6.61 Å². The Morgan fingerprint density at radius 3 is 2.52 bits per heavy atom. The van der Waals surface area contributed by atoms with E-state index in [1.807, 2.05) is 6.07 Å². The third kappa shape index (κ3) is 9.12. The fourth-order valence-corrected chi connectivity index (χ4v) is 2.07. The Kier molecular flexibility index (Phi) is 10.2. The van der Waals surface area contributed by atoms with E-state index in [9.17, 15) is 0 Å². The monoisotopic (exact) mass is 286 g/mol. The summed E-state index contributed by atoms with van der Waals surface area (Å²) in [5.41, 5.74) is 1.23. The number of hydrogen-bond acceptors (Lipinski definition) is 1. The highest BCUT2D eigenvalue weighted by atomic mass is 16.5. The van der Waals surface area contributed by atoms with Crippen LogP contribution in [0.15, 0.2) is 42.5 Å². The van der Waals surface area contributed by atoms with Crippen LogP contribution >= 0.6 is 0 Å². The molecule has 0 radical (unpaired) electrons. The summed E-state index contributed by atoms with van der Waals surface area (Å²) in [5.74, 6) is 0.982. The van der Waals surface area contributed by atoms with Crippen molar-refractivity contribution >= 4 is 6.08 Å². The molecule has 0 aliphatic heterocycles. The van der Waals surface area contributed by atoms with E-state index in [0.717, 1.165) is 31.6 Å². The third-order valence-electron chi connectivity index (χ3n) is 3.33. The number of benzene rings is 1. The van der Waals surface area contributed by atoms with Crippen molar-refractivity contribution in [2.24, 2.45) is 0 Å². The maximum absolute atomic E-state index is 5.73. The summed E-state index contributed by atoms with van der Waals surface area (Å²) in [6, 6.07) is 8.35. The number of hydrogen-bond donors (Lipinski definition) is 0. The van der Waals surface area contributed by atoms with Crippen LogP contribution in [-0.2, 0) is 0 Å². The molecule has 1 heteroatoms. The summed E-state index contributed by atoms with van der Waals surface area (Å²) in [6.45, 7) is 5.18. The summed E-state index contributed by atoms with van der Waals surface area (Å²) >= 11 is 0. The highest BCUT2D eigenvalue weighted by molar-refractivity contribution is 5.51. The molecule has 1 aromatic rings. The highest BCUT2D eigenvalue weighted by Gasteiger charge is 1.94. The summed E-state index contributed by atoms with van der Waals surface area (Å²) in [7, 11) is 0. The van der Waals surface area contributed by atoms with Gasteiger partial charge in [-0.1, -0.05) is 56.7 Å². The molecule has 0 aromatic heterocycles. The molecule has 0 bridgehead atoms. The number of allylic oxidation sites excluding steroid dienone is 3. The molecule has 21 heavy (non-hydrogen) atoms. The van der Waals surface area contributed by atoms with Gasteiger partial charge >= 0.3 is 0 Å². The van der Waals surface area contributed by atoms with Gasteiger partial charge in [-0.25, -0.2) is 0 Å². The first-order valence-corrected chi connectivity index (χ1v) is 8.41. The van der Waals surface area contributed by atoms with Gasteiger partial charge in [-0.05, 0) is 56.2 Å². The fourth-order valence-electron chi connectivity index (χ4n) is 2.07. The minimum atomic E-state index is 0.814. The fraction of sp³-hybridized carbons (Fsp3) is 0.500. The van der Waals surface area contributed by atoms with Gasteiger partial charge in [-0.3, -0.25) is 0 Å². The molecule has 0 aliphatic carbocycles. The average molecular weight is 286 g/mol. The molecule has 0 amide bonds. The van der Waals surface area contributed by atoms with Gasteiger partial charge in [0.25, 0.3) is 0 Å². The van der Waals surface area contributed by atoms with Gasteiger partial charge in [0.2, 0.25) is 0 Å². The van der Waals surface area contributed by atoms with Crippen molar-refractivity contribution in [3.05, 3.63) is 48.1 Å². The maximum Gasteiger partial charge on any atom is 0.119 e. The van der Waals surface area contributed by atoms with Gasteiger partial charge < -0.3 is 4.74 Å². The Morgan fingerprint density at radius 1 is 0.952 bits per heavy atom. The number of ether oxygens (including phenoxy) is 1. The quantitative estimate of drug-likeness (QED) is 0.337. The smallest absolute Gasteiger partial charge is 0.119 e. The van der Waals surface area contributed by atoms with Crippen LogP contribution in [0.1, 0.15) is 64.4 Å². The molecule has 0 atom stereocenters. The molecule has 0 heterocycles. The first kappa shape index (κ1) is 17.6. The molecule has 0 saturated heterocycles. The second-order valence-corrected chi connectivity index (χ2v) is 5.34. The van der Waals surface area contributed by atoms with E-state index in [1.54, 1.807) is 0 Å². The lowest BCUT2D eigenvalue weighted by atomic mass is 10.1. The molecule has 0 saturated carbocycles. The lowest BCUT2D eigenvalue weighted by Gasteiger charge is -2.05. The molecular formula is C20H30O. The van der Waals surface area contributed by atoms with E-state index in [4.69, 9.17) is 4.74 Å². The van der Waals surface area contributed by atoms with Gasteiger partial charge in [-0.15, -0.1) is 0 Å². The Balaban J connectivity index is 2.25. The highest BCUT2D eigenvalue weighted by Crippen LogP contribution is 2.15. The van der Waals surface area contributed by atoms with E-state index in [-0.39, 0.29) is 0 Å². The van der Waals surface area contributed by atoms with Crippen LogP contribution in [0, 0.1) is 0 Å². The van der Waals surface area contributed by atoms with Crippen LogP contribution < -0.4 is 4.74 Å². The van der Waals surface area contributed by atoms with E-state index in [0.29, 0.717) is 0 Å². The van der Waals surface area contributed by atoms with Crippen LogP contribution in [0.4, 0.5) is 0 Å². The molecule has 0 N–H and O–H groups in total. The zero-order valence-electron chi connectivity index (χ0n) is 13.7. The molecule has 0 aliphatic rings. The minimum Gasteiger partial charge on any atom is -0.494 e. The molecule has 1 rings (SSSR count). The minimum absolute atomic E-state index is 0.814. The first-order valence-electron chi connectivity index (χ1n) is 8.41. The predicted octanol–water partition coefficient (Wildman–Crippen LogP) is 6.41. The Morgan fingerprint density at radius 2 is 1.76 bits per heavy atom. The van der Waals surface area contributed by atoms with Crippen molar-refractivity contribution in [1.82, 2.24) is 0 Å². The van der Waals surface area contributed by atoms with E-state index >= 15 is 0 Å². The van der Waals surface area contributed by atoms with E-state index in [2.05, 4.69) is 56.4 Å². The third-order valence-corrected chi connectivity index (χ3v) is 3.33. The zero-order valence-corrected chi connectivity index (χ0v) is 13.7. The van der Waals surface area contributed by atoms with Gasteiger partial charge in [0.05, 0.1) is 6.61 Å². The molecule has 1 aromatic carbocycles. The molecule has 116 valence electrons. The van der Waals surface area contributed by atoms with Crippen molar-refractivity contribution in [2.45, 2.75) is 58.8 Å². The molecule has 0 unspecified atom stereocenters. The normalized spacial score (nSPS) is 11.5. The van der Waals surface area contributed by atoms with Crippen molar-refractivity contribution in [3.8, 4) is 5.75 Å². The van der Waals surface area contributed by atoms with Crippen LogP contribution in [0.2, 0.25) is 0 Å². The van der Waals surface area contributed by atoms with Crippen molar-refractivity contribution < 1.29 is 4.74 Å². The van der Waals surface area contributed by atoms with Crippen LogP contribution in [0.25, 0.3) is 6.08 Å². The molecule has 0 spiro atoms. The number of unbranched alkanes of at least 4 members (excludes halogenated alkanes) is 4. The van der Waals surface area contributed by atoms with Crippen molar-refractivity contribution in [3.63, 3.8) is 0 Å². The van der Waals surface area contributed by atoms with Crippen molar-refractivity contribution in [1.29, 1.82) is 0 Å². The topological polar surface area (TPSA) is 9.23 Å². The largest absolute Gasteiger partial charge is 0.494 e. The number of rotatable bonds is 11. The van der Waals surface area contributed by atoms with Gasteiger partial charge in [0.15, 0.2) is 0 Å². The Hall–Kier alpha value is -1.50. The summed E-state index contributed by atoms with van der Waals surface area (Å²) in [5, 5.41) is 0. The second kappa shape index (κ2) is 12.3. The van der Waals surface area contributed by atoms with Crippen molar-refractivity contribution in [2.75, 3.05) is 6.61 Å². The second-order valence-electron chi connectivity index (χ2n) is 5.34. The van der Waals surface area contributed by atoms with Gasteiger partial charge in [0, 0.05) is 0 Å². The van der Waals surface area contributed by atoms with Crippen LogP contribution in [0.3, 0.4) is 0 Å². The van der Waals surface area contributed by atoms with E-state index < -0.39 is 0 Å². The molecule has 1 nitrogen and oxygen atoms in total. The lowest BCUT2D eigenvalue weighted by molar-refractivity contribution is 0.309. The average Bonchev–Trinajstić information content (AvgIpc) is 2.51. The van der Waals surface area contributed by atoms with E-state index in [1.165, 1.54) is 31.2 Å². The Labute approximate surface area is 130 Å². The lowest BCUT2D eigenvalue weighted by Crippen LogP contribution is -1.96. The maximum atomic E-state index is 5.73. The van der Waals surface area contributed by atoms with Crippen LogP contribution in [0.5, 0.6) is 5.75 Å². The first-order chi connectivity index (χ1) is 10.4. The van der Waals surface area contributed by atoms with Gasteiger partial charge in [-0.2, -0.15) is 0 Å². The standard InChI is InChI=1S/C20H30O/c1-3-5-7-8-9-10-11-12-14-19-15-13-16-20(18-19)21-17-6-4-2/h5,7,12-16,18H,3-4,6,8-11,17H2,1-2H3/b7-5-,14-12+. The Bertz CT molecular complexity index is 418. The summed E-state index contributed by atoms with van der Waals surface area (Å²) in [4.78, 5) is 0. The predicted molar refractivity (Wildman–Crippen MR) is 93.8 cm³/mol. The summed E-state index contributed by atoms with van der Waals surface area (Å²) < 4.78 is 5.73. The molecule has 0 fully saturated rings. The summed E-state index contributed by atoms with van der Waals surface area (Å²) in [6.07, 6.45) is 17.4.